The summed E-state index contributed by atoms with van der Waals surface area (Å²) in [5.41, 5.74) is 2.96. The summed E-state index contributed by atoms with van der Waals surface area (Å²) in [4.78, 5) is 0. The van der Waals surface area contributed by atoms with Crippen molar-refractivity contribution in [3.8, 4) is 11.8 Å². The van der Waals surface area contributed by atoms with Crippen molar-refractivity contribution in [3.63, 3.8) is 0 Å². The van der Waals surface area contributed by atoms with Crippen molar-refractivity contribution in [2.45, 2.75) is 6.61 Å². The number of halogens is 4. The summed E-state index contributed by atoms with van der Waals surface area (Å²) >= 11 is 20.5. The predicted octanol–water partition coefficient (Wildman–Crippen LogP) is 7.89. The summed E-state index contributed by atoms with van der Waals surface area (Å²) in [6.45, 7) is 0.338. The van der Waals surface area contributed by atoms with Gasteiger partial charge in [0.05, 0.1) is 15.2 Å². The third-order valence-electron chi connectivity index (χ3n) is 3.95. The average molecular weight is 541 g/mol. The van der Waals surface area contributed by atoms with Crippen molar-refractivity contribution in [2.75, 3.05) is 0 Å². The highest BCUT2D eigenvalue weighted by Gasteiger charge is 2.08. The molecule has 0 aliphatic heterocycles. The number of benzene rings is 3. The quantitative estimate of drug-likeness (QED) is 0.187. The van der Waals surface area contributed by atoms with E-state index in [2.05, 4.69) is 28.7 Å². The molecule has 3 aromatic carbocycles. The smallest absolute Gasteiger partial charge is 0.133 e. The van der Waals surface area contributed by atoms with Gasteiger partial charge in [-0.1, -0.05) is 65.1 Å². The van der Waals surface area contributed by atoms with Gasteiger partial charge in [-0.15, -0.1) is 0 Å². The lowest BCUT2D eigenvalue weighted by atomic mass is 10.0. The molecule has 0 aliphatic rings. The zero-order valence-electron chi connectivity index (χ0n) is 14.4. The first-order valence-corrected chi connectivity index (χ1v) is 10.4. The van der Waals surface area contributed by atoms with Crippen molar-refractivity contribution in [1.82, 2.24) is 0 Å². The molecule has 0 amide bonds. The standard InChI is InChI=1S/C22H13Cl3INO/c23-17-7-6-15(20(25)11-17)13-28-22-8-5-14(10-21(22)26)9-16(12-27)18-3-1-2-4-19(18)24/h1-11H,13H2. The van der Waals surface area contributed by atoms with E-state index in [-0.39, 0.29) is 0 Å². The van der Waals surface area contributed by atoms with E-state index in [9.17, 15) is 5.26 Å². The van der Waals surface area contributed by atoms with Gasteiger partial charge in [0.15, 0.2) is 0 Å². The van der Waals surface area contributed by atoms with E-state index in [1.807, 2.05) is 48.5 Å². The lowest BCUT2D eigenvalue weighted by Gasteiger charge is -2.10. The van der Waals surface area contributed by atoms with Gasteiger partial charge in [-0.05, 0) is 64.6 Å². The number of nitrogens with zero attached hydrogens (tertiary/aromatic N) is 1. The second-order valence-corrected chi connectivity index (χ2v) is 8.28. The largest absolute Gasteiger partial charge is 0.488 e. The summed E-state index contributed by atoms with van der Waals surface area (Å²) in [6, 6.07) is 20.5. The van der Waals surface area contributed by atoms with Gasteiger partial charge in [0, 0.05) is 26.2 Å². The average Bonchev–Trinajstić information content (AvgIpc) is 2.67. The maximum absolute atomic E-state index is 9.52. The first-order valence-electron chi connectivity index (χ1n) is 8.21. The van der Waals surface area contributed by atoms with E-state index in [1.165, 1.54) is 0 Å². The normalized spacial score (nSPS) is 11.2. The van der Waals surface area contributed by atoms with Crippen LogP contribution in [0.2, 0.25) is 15.1 Å². The van der Waals surface area contributed by atoms with Gasteiger partial charge in [0.25, 0.3) is 0 Å². The predicted molar refractivity (Wildman–Crippen MR) is 125 cm³/mol. The molecule has 28 heavy (non-hydrogen) atoms. The van der Waals surface area contributed by atoms with Crippen LogP contribution in [0.1, 0.15) is 16.7 Å². The van der Waals surface area contributed by atoms with E-state index in [0.717, 1.165) is 20.4 Å². The van der Waals surface area contributed by atoms with Crippen LogP contribution in [0.4, 0.5) is 0 Å². The number of allylic oxidation sites excluding steroid dienone is 1. The maximum Gasteiger partial charge on any atom is 0.133 e. The molecule has 3 rings (SSSR count). The minimum absolute atomic E-state index is 0.338. The number of hydrogen-bond donors (Lipinski definition) is 0. The van der Waals surface area contributed by atoms with Crippen molar-refractivity contribution < 1.29 is 4.74 Å². The first-order chi connectivity index (χ1) is 13.5. The molecule has 0 heterocycles. The van der Waals surface area contributed by atoms with Crippen molar-refractivity contribution in [3.05, 3.63) is 96.0 Å². The van der Waals surface area contributed by atoms with Crippen molar-refractivity contribution in [1.29, 1.82) is 5.26 Å². The van der Waals surface area contributed by atoms with E-state index in [4.69, 9.17) is 39.5 Å². The van der Waals surface area contributed by atoms with Gasteiger partial charge in [-0.3, -0.25) is 0 Å². The van der Waals surface area contributed by atoms with E-state index in [1.54, 1.807) is 18.2 Å². The second-order valence-electron chi connectivity index (χ2n) is 5.86. The van der Waals surface area contributed by atoms with Crippen LogP contribution in [-0.2, 0) is 6.61 Å². The lowest BCUT2D eigenvalue weighted by molar-refractivity contribution is 0.304. The zero-order valence-corrected chi connectivity index (χ0v) is 18.9. The molecule has 0 saturated heterocycles. The monoisotopic (exact) mass is 539 g/mol. The van der Waals surface area contributed by atoms with E-state index >= 15 is 0 Å². The first kappa shape index (κ1) is 21.0. The minimum Gasteiger partial charge on any atom is -0.488 e. The molecular formula is C22H13Cl3INO. The topological polar surface area (TPSA) is 33.0 Å². The molecule has 0 bridgehead atoms. The SMILES string of the molecule is N#CC(=Cc1ccc(OCc2ccc(Cl)cc2Cl)c(I)c1)c1ccccc1Cl. The second kappa shape index (κ2) is 9.67. The summed E-state index contributed by atoms with van der Waals surface area (Å²) < 4.78 is 6.82. The molecule has 0 atom stereocenters. The molecule has 6 heteroatoms. The summed E-state index contributed by atoms with van der Waals surface area (Å²) in [5, 5.41) is 11.2. The molecule has 0 N–H and O–H groups in total. The molecule has 0 radical (unpaired) electrons. The molecular weight excluding hydrogens is 528 g/mol. The molecule has 0 unspecified atom stereocenters. The molecule has 2 nitrogen and oxygen atoms in total. The molecule has 0 spiro atoms. The maximum atomic E-state index is 9.52. The Morgan fingerprint density at radius 3 is 2.46 bits per heavy atom. The highest BCUT2D eigenvalue weighted by Crippen LogP contribution is 2.29. The Bertz CT molecular complexity index is 1090. The number of ether oxygens (including phenoxy) is 1. The van der Waals surface area contributed by atoms with Gasteiger partial charge >= 0.3 is 0 Å². The van der Waals surface area contributed by atoms with E-state index in [0.29, 0.717) is 32.8 Å². The molecule has 0 saturated carbocycles. The van der Waals surface area contributed by atoms with Gasteiger partial charge < -0.3 is 4.74 Å². The minimum atomic E-state index is 0.338. The van der Waals surface area contributed by atoms with Crippen LogP contribution in [0, 0.1) is 14.9 Å². The molecule has 0 fully saturated rings. The Hall–Kier alpha value is -1.71. The Balaban J connectivity index is 1.80. The van der Waals surface area contributed by atoms with Crippen LogP contribution in [0.3, 0.4) is 0 Å². The van der Waals surface area contributed by atoms with Crippen LogP contribution < -0.4 is 4.74 Å². The Kier molecular flexibility index (Phi) is 7.25. The Morgan fingerprint density at radius 1 is 1.00 bits per heavy atom. The summed E-state index contributed by atoms with van der Waals surface area (Å²) in [6.07, 6.45) is 1.81. The Labute approximate surface area is 192 Å². The fourth-order valence-electron chi connectivity index (χ4n) is 2.53. The summed E-state index contributed by atoms with van der Waals surface area (Å²) in [7, 11) is 0. The highest BCUT2D eigenvalue weighted by atomic mass is 127. The molecule has 3 aromatic rings. The third-order valence-corrected chi connectivity index (χ3v) is 5.71. The molecule has 0 aliphatic carbocycles. The van der Waals surface area contributed by atoms with Crippen LogP contribution in [0.15, 0.2) is 60.7 Å². The third kappa shape index (κ3) is 5.21. The van der Waals surface area contributed by atoms with Crippen LogP contribution in [0.25, 0.3) is 11.6 Å². The fourth-order valence-corrected chi connectivity index (χ4v) is 3.93. The van der Waals surface area contributed by atoms with Gasteiger partial charge in [0.1, 0.15) is 12.4 Å². The van der Waals surface area contributed by atoms with Gasteiger partial charge in [0.2, 0.25) is 0 Å². The van der Waals surface area contributed by atoms with Crippen molar-refractivity contribution in [2.24, 2.45) is 0 Å². The van der Waals surface area contributed by atoms with Crippen LogP contribution in [0.5, 0.6) is 5.75 Å². The lowest BCUT2D eigenvalue weighted by Crippen LogP contribution is -1.98. The highest BCUT2D eigenvalue weighted by molar-refractivity contribution is 14.1. The number of hydrogen-bond acceptors (Lipinski definition) is 2. The van der Waals surface area contributed by atoms with Gasteiger partial charge in [-0.25, -0.2) is 0 Å². The summed E-state index contributed by atoms with van der Waals surface area (Å²) in [5.74, 6) is 0.736. The van der Waals surface area contributed by atoms with Gasteiger partial charge in [-0.2, -0.15) is 5.26 Å². The molecule has 0 aromatic heterocycles. The number of rotatable bonds is 5. The van der Waals surface area contributed by atoms with Crippen LogP contribution in [-0.4, -0.2) is 0 Å². The van der Waals surface area contributed by atoms with Crippen LogP contribution >= 0.6 is 57.4 Å². The number of nitriles is 1. The fraction of sp³-hybridized carbons (Fsp3) is 0.0455. The molecule has 140 valence electrons. The van der Waals surface area contributed by atoms with E-state index < -0.39 is 0 Å². The Morgan fingerprint density at radius 2 is 1.79 bits per heavy atom. The van der Waals surface area contributed by atoms with Crippen molar-refractivity contribution >= 4 is 69.0 Å². The zero-order chi connectivity index (χ0) is 20.1.